The molecule has 0 bridgehead atoms. The van der Waals surface area contributed by atoms with Crippen molar-refractivity contribution < 1.29 is 33.6 Å². The molecule has 0 heterocycles. The van der Waals surface area contributed by atoms with Crippen LogP contribution in [0.5, 0.6) is 0 Å². The molecule has 3 N–H and O–H groups in total. The lowest BCUT2D eigenvalue weighted by Crippen LogP contribution is -2.35. The number of aliphatic carboxylic acids is 1. The van der Waals surface area contributed by atoms with Gasteiger partial charge in [-0.2, -0.15) is 0 Å². The highest BCUT2D eigenvalue weighted by Gasteiger charge is 2.44. The third-order valence-electron chi connectivity index (χ3n) is 8.36. The number of carboxylic acid groups (broad SMARTS) is 1. The first-order valence-electron chi connectivity index (χ1n) is 15.0. The number of halogens is 2. The summed E-state index contributed by atoms with van der Waals surface area (Å²) in [5, 5.41) is 31.0. The summed E-state index contributed by atoms with van der Waals surface area (Å²) in [6.07, 6.45) is 4.69. The van der Waals surface area contributed by atoms with Gasteiger partial charge in [0.2, 0.25) is 0 Å². The Kier molecular flexibility index (Phi) is 13.4. The van der Waals surface area contributed by atoms with Gasteiger partial charge in [-0.05, 0) is 67.9 Å². The molecule has 2 aromatic carbocycles. The van der Waals surface area contributed by atoms with Crippen LogP contribution in [0, 0.1) is 17.8 Å². The summed E-state index contributed by atoms with van der Waals surface area (Å²) in [5.74, 6) is -4.81. The minimum Gasteiger partial charge on any atom is -0.481 e. The third-order valence-corrected chi connectivity index (χ3v) is 8.36. The summed E-state index contributed by atoms with van der Waals surface area (Å²) >= 11 is 0. The molecule has 5 nitrogen and oxygen atoms in total. The van der Waals surface area contributed by atoms with Gasteiger partial charge in [0.05, 0.1) is 24.7 Å². The number of aliphatic hydroxyl groups excluding tert-OH is 2. The molecule has 0 saturated heterocycles. The lowest BCUT2D eigenvalue weighted by atomic mass is 9.85. The average Bonchev–Trinajstić information content (AvgIpc) is 3.27. The van der Waals surface area contributed by atoms with Crippen molar-refractivity contribution in [1.29, 1.82) is 0 Å². The molecule has 6 atom stereocenters. The van der Waals surface area contributed by atoms with Crippen molar-refractivity contribution in [3.63, 3.8) is 0 Å². The number of carbonyl (C=O) groups is 1. The van der Waals surface area contributed by atoms with Gasteiger partial charge in [-0.1, -0.05) is 86.2 Å². The minimum absolute atomic E-state index is 0.0563. The largest absolute Gasteiger partial charge is 0.481 e. The number of hydrogen-bond donors (Lipinski definition) is 3. The Labute approximate surface area is 243 Å². The van der Waals surface area contributed by atoms with Crippen LogP contribution in [0.15, 0.2) is 72.8 Å². The maximum atomic E-state index is 14.5. The zero-order valence-corrected chi connectivity index (χ0v) is 24.1. The molecule has 0 radical (unpaired) electrons. The fraction of sp³-hybridized carbons (Fsp3) is 0.559. The van der Waals surface area contributed by atoms with E-state index in [-0.39, 0.29) is 30.8 Å². The number of ether oxygens (including phenoxy) is 1. The molecule has 1 aliphatic carbocycles. The monoisotopic (exact) mass is 572 g/mol. The highest BCUT2D eigenvalue weighted by molar-refractivity contribution is 5.70. The SMILES string of the molecule is CCCCC(F)(F)C(O)CC[C@@H]1[C@@H](CC=CCCC(Cc2ccccc2)C(=O)O)[C@@H](O)C[C@H]1OCc1ccccc1. The van der Waals surface area contributed by atoms with E-state index in [1.54, 1.807) is 0 Å². The van der Waals surface area contributed by atoms with Crippen molar-refractivity contribution in [2.75, 3.05) is 0 Å². The fourth-order valence-corrected chi connectivity index (χ4v) is 5.87. The van der Waals surface area contributed by atoms with E-state index in [1.807, 2.05) is 79.7 Å². The van der Waals surface area contributed by atoms with Crippen LogP contribution >= 0.6 is 0 Å². The van der Waals surface area contributed by atoms with Crippen molar-refractivity contribution in [1.82, 2.24) is 0 Å². The van der Waals surface area contributed by atoms with Crippen molar-refractivity contribution in [2.24, 2.45) is 17.8 Å². The van der Waals surface area contributed by atoms with E-state index in [0.29, 0.717) is 58.0 Å². The van der Waals surface area contributed by atoms with E-state index in [0.717, 1.165) is 11.1 Å². The number of benzene rings is 2. The second-order valence-electron chi connectivity index (χ2n) is 11.4. The predicted octanol–water partition coefficient (Wildman–Crippen LogP) is 7.21. The molecule has 7 heteroatoms. The van der Waals surface area contributed by atoms with Gasteiger partial charge < -0.3 is 20.1 Å². The first kappa shape index (κ1) is 32.9. The van der Waals surface area contributed by atoms with Gasteiger partial charge in [0.15, 0.2) is 0 Å². The molecule has 0 amide bonds. The number of aliphatic hydroxyl groups is 2. The third kappa shape index (κ3) is 10.6. The summed E-state index contributed by atoms with van der Waals surface area (Å²) in [7, 11) is 0. The van der Waals surface area contributed by atoms with E-state index in [2.05, 4.69) is 0 Å². The zero-order valence-electron chi connectivity index (χ0n) is 24.1. The maximum Gasteiger partial charge on any atom is 0.306 e. The van der Waals surface area contributed by atoms with Crippen LogP contribution < -0.4 is 0 Å². The minimum atomic E-state index is -3.14. The summed E-state index contributed by atoms with van der Waals surface area (Å²) in [5.41, 5.74) is 1.99. The molecule has 0 aliphatic heterocycles. The van der Waals surface area contributed by atoms with Crippen LogP contribution in [0.2, 0.25) is 0 Å². The van der Waals surface area contributed by atoms with Crippen molar-refractivity contribution >= 4 is 5.97 Å². The highest BCUT2D eigenvalue weighted by atomic mass is 19.3. The van der Waals surface area contributed by atoms with Crippen molar-refractivity contribution in [2.45, 2.75) is 102 Å². The number of hydrogen-bond acceptors (Lipinski definition) is 4. The Bertz CT molecular complexity index is 1050. The fourth-order valence-electron chi connectivity index (χ4n) is 5.87. The molecule has 226 valence electrons. The zero-order chi connectivity index (χ0) is 29.7. The summed E-state index contributed by atoms with van der Waals surface area (Å²) in [6, 6.07) is 19.3. The van der Waals surface area contributed by atoms with Crippen LogP contribution in [-0.2, 0) is 22.6 Å². The van der Waals surface area contributed by atoms with Crippen LogP contribution in [0.1, 0.15) is 75.8 Å². The summed E-state index contributed by atoms with van der Waals surface area (Å²) in [4.78, 5) is 11.8. The van der Waals surface area contributed by atoms with Gasteiger partial charge in [0.1, 0.15) is 6.10 Å². The topological polar surface area (TPSA) is 87.0 Å². The smallest absolute Gasteiger partial charge is 0.306 e. The summed E-state index contributed by atoms with van der Waals surface area (Å²) < 4.78 is 35.2. The van der Waals surface area contributed by atoms with Gasteiger partial charge in [-0.3, -0.25) is 4.79 Å². The van der Waals surface area contributed by atoms with E-state index in [4.69, 9.17) is 4.74 Å². The average molecular weight is 573 g/mol. The highest BCUT2D eigenvalue weighted by Crippen LogP contribution is 2.41. The Hall–Kier alpha value is -2.61. The number of allylic oxidation sites excluding steroid dienone is 2. The maximum absolute atomic E-state index is 14.5. The van der Waals surface area contributed by atoms with Gasteiger partial charge in [-0.25, -0.2) is 8.78 Å². The number of alkyl halides is 2. The first-order valence-corrected chi connectivity index (χ1v) is 15.0. The molecule has 41 heavy (non-hydrogen) atoms. The predicted molar refractivity (Wildman–Crippen MR) is 157 cm³/mol. The Balaban J connectivity index is 1.60. The Morgan fingerprint density at radius 1 is 1.02 bits per heavy atom. The van der Waals surface area contributed by atoms with Gasteiger partial charge in [0, 0.05) is 12.8 Å². The standard InChI is InChI=1S/C34H46F2O5/c1-2-3-21-34(35,36)32(38)20-19-29-28(30(37)23-31(29)41-24-26-15-9-5-10-16-26)18-12-6-11-17-27(33(39)40)22-25-13-7-4-8-14-25/h4-10,12-16,27-32,37-38H,2-3,11,17-24H2,1H3,(H,39,40)/t27?,28-,29-,30+,31-,32?/m1/s1. The van der Waals surface area contributed by atoms with Crippen molar-refractivity contribution in [3.8, 4) is 0 Å². The molecule has 2 aromatic rings. The van der Waals surface area contributed by atoms with Crippen LogP contribution in [0.4, 0.5) is 8.78 Å². The van der Waals surface area contributed by atoms with Gasteiger partial charge in [0.25, 0.3) is 5.92 Å². The molecule has 1 aliphatic rings. The molecular formula is C34H46F2O5. The first-order chi connectivity index (χ1) is 19.7. The molecule has 2 unspecified atom stereocenters. The van der Waals surface area contributed by atoms with E-state index < -0.39 is 30.0 Å². The quantitative estimate of drug-likeness (QED) is 0.164. The number of unbranched alkanes of at least 4 members (excludes halogenated alkanes) is 1. The molecule has 1 fully saturated rings. The normalized spacial score (nSPS) is 22.7. The Morgan fingerprint density at radius 2 is 1.68 bits per heavy atom. The number of carboxylic acids is 1. The second-order valence-corrected chi connectivity index (χ2v) is 11.4. The van der Waals surface area contributed by atoms with E-state index in [9.17, 15) is 28.9 Å². The van der Waals surface area contributed by atoms with Gasteiger partial charge in [-0.15, -0.1) is 0 Å². The molecular weight excluding hydrogens is 526 g/mol. The van der Waals surface area contributed by atoms with Crippen LogP contribution in [0.3, 0.4) is 0 Å². The molecule has 1 saturated carbocycles. The lowest BCUT2D eigenvalue weighted by Gasteiger charge is -2.28. The molecule has 0 spiro atoms. The summed E-state index contributed by atoms with van der Waals surface area (Å²) in [6.45, 7) is 2.21. The second kappa shape index (κ2) is 16.7. The van der Waals surface area contributed by atoms with Crippen LogP contribution in [-0.4, -0.2) is 45.5 Å². The van der Waals surface area contributed by atoms with E-state index in [1.165, 1.54) is 0 Å². The molecule has 0 aromatic heterocycles. The van der Waals surface area contributed by atoms with Gasteiger partial charge >= 0.3 is 5.97 Å². The molecule has 3 rings (SSSR count). The van der Waals surface area contributed by atoms with E-state index >= 15 is 0 Å². The van der Waals surface area contributed by atoms with Crippen molar-refractivity contribution in [3.05, 3.63) is 83.9 Å². The van der Waals surface area contributed by atoms with Crippen LogP contribution in [0.25, 0.3) is 0 Å². The Morgan fingerprint density at radius 3 is 2.32 bits per heavy atom. The number of rotatable bonds is 18. The lowest BCUT2D eigenvalue weighted by molar-refractivity contribution is -0.141.